The molecule has 2 amide bonds. The van der Waals surface area contributed by atoms with Crippen LogP contribution in [0.1, 0.15) is 47.0 Å². The lowest BCUT2D eigenvalue weighted by molar-refractivity contribution is -0.151. The molecule has 0 aliphatic carbocycles. The smallest absolute Gasteiger partial charge is 0.408 e. The fourth-order valence-corrected chi connectivity index (χ4v) is 4.71. The second kappa shape index (κ2) is 8.24. The van der Waals surface area contributed by atoms with Gasteiger partial charge in [0, 0.05) is 19.1 Å². The molecule has 2 saturated heterocycles. The second-order valence-corrected chi connectivity index (χ2v) is 10.3. The zero-order valence-electron chi connectivity index (χ0n) is 16.7. The van der Waals surface area contributed by atoms with Crippen LogP contribution in [0.2, 0.25) is 0 Å². The van der Waals surface area contributed by atoms with Gasteiger partial charge in [0.15, 0.2) is 0 Å². The van der Waals surface area contributed by atoms with Crippen LogP contribution in [-0.4, -0.2) is 83.3 Å². The van der Waals surface area contributed by atoms with E-state index in [1.54, 1.807) is 20.8 Å². The second-order valence-electron chi connectivity index (χ2n) is 8.08. The van der Waals surface area contributed by atoms with Gasteiger partial charge in [0.25, 0.3) is 0 Å². The number of hydrogen-bond donors (Lipinski definition) is 2. The Morgan fingerprint density at radius 2 is 1.89 bits per heavy atom. The minimum atomic E-state index is -3.59. The number of fused-ring (bicyclic) bond motifs is 1. The normalized spacial score (nSPS) is 26.9. The van der Waals surface area contributed by atoms with Crippen LogP contribution in [0, 0.1) is 0 Å². The number of rotatable bonds is 4. The van der Waals surface area contributed by atoms with Crippen molar-refractivity contribution in [2.45, 2.75) is 70.7 Å². The molecule has 2 rings (SSSR count). The van der Waals surface area contributed by atoms with Crippen molar-refractivity contribution >= 4 is 28.0 Å². The van der Waals surface area contributed by atoms with Crippen LogP contribution in [0.5, 0.6) is 0 Å². The Hall–Kier alpha value is -1.88. The van der Waals surface area contributed by atoms with E-state index in [9.17, 15) is 27.9 Å². The molecule has 0 unspecified atom stereocenters. The van der Waals surface area contributed by atoms with Crippen LogP contribution in [0.4, 0.5) is 4.79 Å². The highest BCUT2D eigenvalue weighted by Crippen LogP contribution is 2.30. The number of alkyl carbamates (subject to hydrolysis) is 1. The third-order valence-electron chi connectivity index (χ3n) is 4.89. The summed E-state index contributed by atoms with van der Waals surface area (Å²) in [5, 5.41) is 11.9. The number of aliphatic carboxylic acids is 1. The van der Waals surface area contributed by atoms with Crippen LogP contribution in [0.25, 0.3) is 0 Å². The molecule has 0 spiro atoms. The standard InChI is InChI=1S/C17H29N3O7S/c1-5-28(25,26)19-9-8-11-6-7-13(15(22)23)20(11)14(21)12(10-19)18-16(24)27-17(2,3)4/h11-13H,5-10H2,1-4H3,(H,18,24)(H,22,23)/t11-,12+,13+/m1/s1. The molecule has 0 bridgehead atoms. The van der Waals surface area contributed by atoms with Crippen molar-refractivity contribution in [1.29, 1.82) is 0 Å². The van der Waals surface area contributed by atoms with Crippen LogP contribution in [-0.2, 0) is 24.3 Å². The summed E-state index contributed by atoms with van der Waals surface area (Å²) in [7, 11) is -3.59. The summed E-state index contributed by atoms with van der Waals surface area (Å²) in [6.45, 7) is 6.40. The van der Waals surface area contributed by atoms with Crippen molar-refractivity contribution < 1.29 is 32.6 Å². The van der Waals surface area contributed by atoms with Crippen molar-refractivity contribution in [2.24, 2.45) is 0 Å². The van der Waals surface area contributed by atoms with Crippen molar-refractivity contribution in [3.63, 3.8) is 0 Å². The van der Waals surface area contributed by atoms with Gasteiger partial charge in [0.05, 0.1) is 5.75 Å². The van der Waals surface area contributed by atoms with E-state index < -0.39 is 45.7 Å². The van der Waals surface area contributed by atoms with Crippen molar-refractivity contribution in [3.05, 3.63) is 0 Å². The van der Waals surface area contributed by atoms with Crippen LogP contribution in [0.3, 0.4) is 0 Å². The molecule has 160 valence electrons. The molecule has 0 saturated carbocycles. The monoisotopic (exact) mass is 419 g/mol. The molecule has 0 aromatic carbocycles. The average Bonchev–Trinajstić information content (AvgIpc) is 2.97. The van der Waals surface area contributed by atoms with Gasteiger partial charge in [-0.25, -0.2) is 18.0 Å². The maximum Gasteiger partial charge on any atom is 0.408 e. The molecule has 11 heteroatoms. The Morgan fingerprint density at radius 3 is 2.43 bits per heavy atom. The maximum absolute atomic E-state index is 13.1. The number of sulfonamides is 1. The summed E-state index contributed by atoms with van der Waals surface area (Å²) in [6.07, 6.45) is 0.268. The highest BCUT2D eigenvalue weighted by Gasteiger charge is 2.46. The molecule has 2 N–H and O–H groups in total. The number of carbonyl (C=O) groups excluding carboxylic acids is 2. The average molecular weight is 420 g/mol. The van der Waals surface area contributed by atoms with E-state index >= 15 is 0 Å². The van der Waals surface area contributed by atoms with Crippen molar-refractivity contribution in [3.8, 4) is 0 Å². The summed E-state index contributed by atoms with van der Waals surface area (Å²) >= 11 is 0. The maximum atomic E-state index is 13.1. The lowest BCUT2D eigenvalue weighted by atomic mass is 10.1. The number of hydrogen-bond acceptors (Lipinski definition) is 6. The fourth-order valence-electron chi connectivity index (χ4n) is 3.58. The fraction of sp³-hybridized carbons (Fsp3) is 0.824. The lowest BCUT2D eigenvalue weighted by Crippen LogP contribution is -2.60. The summed E-state index contributed by atoms with van der Waals surface area (Å²) in [5.74, 6) is -1.84. The first kappa shape index (κ1) is 22.4. The van der Waals surface area contributed by atoms with Gasteiger partial charge in [-0.15, -0.1) is 0 Å². The van der Waals surface area contributed by atoms with E-state index in [2.05, 4.69) is 5.32 Å². The van der Waals surface area contributed by atoms with Gasteiger partial charge in [0.1, 0.15) is 17.7 Å². The summed E-state index contributed by atoms with van der Waals surface area (Å²) in [5.41, 5.74) is -0.802. The Bertz CT molecular complexity index is 732. The Kier molecular flexibility index (Phi) is 6.59. The van der Waals surface area contributed by atoms with Crippen LogP contribution in [0.15, 0.2) is 0 Å². The molecular weight excluding hydrogens is 390 g/mol. The first-order chi connectivity index (χ1) is 12.9. The number of carbonyl (C=O) groups is 3. The Labute approximate surface area is 165 Å². The zero-order valence-corrected chi connectivity index (χ0v) is 17.5. The van der Waals surface area contributed by atoms with Gasteiger partial charge >= 0.3 is 12.1 Å². The van der Waals surface area contributed by atoms with Gasteiger partial charge in [0.2, 0.25) is 15.9 Å². The van der Waals surface area contributed by atoms with E-state index in [0.717, 1.165) is 0 Å². The molecule has 2 heterocycles. The quantitative estimate of drug-likeness (QED) is 0.673. The van der Waals surface area contributed by atoms with E-state index in [-0.39, 0.29) is 24.9 Å². The minimum Gasteiger partial charge on any atom is -0.480 e. The van der Waals surface area contributed by atoms with Crippen molar-refractivity contribution in [2.75, 3.05) is 18.8 Å². The molecule has 2 aliphatic heterocycles. The first-order valence-electron chi connectivity index (χ1n) is 9.38. The number of amides is 2. The van der Waals surface area contributed by atoms with E-state index in [0.29, 0.717) is 19.3 Å². The molecule has 28 heavy (non-hydrogen) atoms. The third-order valence-corrected chi connectivity index (χ3v) is 6.74. The predicted molar refractivity (Wildman–Crippen MR) is 100 cm³/mol. The molecule has 0 radical (unpaired) electrons. The molecule has 2 aliphatic rings. The van der Waals surface area contributed by atoms with Gasteiger partial charge in [-0.05, 0) is 47.0 Å². The largest absolute Gasteiger partial charge is 0.480 e. The molecule has 2 fully saturated rings. The van der Waals surface area contributed by atoms with E-state index in [4.69, 9.17) is 4.74 Å². The van der Waals surface area contributed by atoms with Crippen LogP contribution >= 0.6 is 0 Å². The molecule has 0 aromatic heterocycles. The highest BCUT2D eigenvalue weighted by molar-refractivity contribution is 7.89. The molecule has 3 atom stereocenters. The van der Waals surface area contributed by atoms with Gasteiger partial charge in [-0.2, -0.15) is 4.31 Å². The molecular formula is C17H29N3O7S. The van der Waals surface area contributed by atoms with Crippen molar-refractivity contribution in [1.82, 2.24) is 14.5 Å². The number of ether oxygens (including phenoxy) is 1. The topological polar surface area (TPSA) is 133 Å². The Morgan fingerprint density at radius 1 is 1.25 bits per heavy atom. The zero-order chi connectivity index (χ0) is 21.3. The van der Waals surface area contributed by atoms with Gasteiger partial charge in [-0.1, -0.05) is 0 Å². The van der Waals surface area contributed by atoms with Crippen LogP contribution < -0.4 is 5.32 Å². The summed E-state index contributed by atoms with van der Waals surface area (Å²) < 4.78 is 31.2. The van der Waals surface area contributed by atoms with Gasteiger partial charge in [-0.3, -0.25) is 4.79 Å². The number of carboxylic acid groups (broad SMARTS) is 1. The van der Waals surface area contributed by atoms with Gasteiger partial charge < -0.3 is 20.1 Å². The number of nitrogens with zero attached hydrogens (tertiary/aromatic N) is 2. The van der Waals surface area contributed by atoms with E-state index in [1.807, 2.05) is 0 Å². The predicted octanol–water partition coefficient (Wildman–Crippen LogP) is 0.379. The number of nitrogens with one attached hydrogen (secondary N) is 1. The lowest BCUT2D eigenvalue weighted by Gasteiger charge is -2.37. The third kappa shape index (κ3) is 5.13. The number of carboxylic acids is 1. The molecule has 10 nitrogen and oxygen atoms in total. The summed E-state index contributed by atoms with van der Waals surface area (Å²) in [4.78, 5) is 38.2. The molecule has 0 aromatic rings. The highest BCUT2D eigenvalue weighted by atomic mass is 32.2. The van der Waals surface area contributed by atoms with E-state index in [1.165, 1.54) is 16.1 Å². The first-order valence-corrected chi connectivity index (χ1v) is 11.0. The Balaban J connectivity index is 2.33. The summed E-state index contributed by atoms with van der Waals surface area (Å²) in [6, 6.07) is -2.58. The minimum absolute atomic E-state index is 0.132. The SMILES string of the molecule is CCS(=O)(=O)N1CC[C@H]2CC[C@@H](C(=O)O)N2C(=O)[C@@H](NC(=O)OC(C)(C)C)C1.